The quantitative estimate of drug-likeness (QED) is 0.529. The number of hydrogen-bond acceptors (Lipinski definition) is 7. The molecule has 0 saturated carbocycles. The van der Waals surface area contributed by atoms with Gasteiger partial charge in [0.2, 0.25) is 5.88 Å². The lowest BCUT2D eigenvalue weighted by Crippen LogP contribution is -2.07. The van der Waals surface area contributed by atoms with Crippen molar-refractivity contribution in [3.05, 3.63) is 53.7 Å². The average molecular weight is 390 g/mol. The standard InChI is InChI=1S/C20H18N6OS/c1-12-17(28-19(22-12)13-5-4-9-21-11-13)16-8-10-26(25-16)20-23-15-7-3-6-14(15)18(24-20)27-2/h4-5,8-11H,3,6-7H2,1-2H3. The fourth-order valence-electron chi connectivity index (χ4n) is 3.46. The van der Waals surface area contributed by atoms with Gasteiger partial charge in [-0.3, -0.25) is 4.98 Å². The molecular formula is C20H18N6OS. The highest BCUT2D eigenvalue weighted by Gasteiger charge is 2.21. The van der Waals surface area contributed by atoms with E-state index >= 15 is 0 Å². The van der Waals surface area contributed by atoms with E-state index < -0.39 is 0 Å². The Morgan fingerprint density at radius 2 is 2.07 bits per heavy atom. The van der Waals surface area contributed by atoms with Crippen molar-refractivity contribution in [2.75, 3.05) is 7.11 Å². The van der Waals surface area contributed by atoms with Gasteiger partial charge in [-0.1, -0.05) is 0 Å². The Balaban J connectivity index is 1.52. The minimum Gasteiger partial charge on any atom is -0.481 e. The topological polar surface area (TPSA) is 78.6 Å². The molecule has 0 N–H and O–H groups in total. The van der Waals surface area contributed by atoms with Crippen LogP contribution in [0.4, 0.5) is 0 Å². The maximum Gasteiger partial charge on any atom is 0.254 e. The number of nitrogens with zero attached hydrogens (tertiary/aromatic N) is 6. The lowest BCUT2D eigenvalue weighted by Gasteiger charge is -2.08. The number of pyridine rings is 1. The van der Waals surface area contributed by atoms with E-state index in [0.717, 1.165) is 57.4 Å². The first-order valence-electron chi connectivity index (χ1n) is 9.11. The molecule has 1 aliphatic carbocycles. The second-order valence-corrected chi connectivity index (χ2v) is 7.63. The van der Waals surface area contributed by atoms with Crippen LogP contribution in [-0.2, 0) is 12.8 Å². The minimum atomic E-state index is 0.540. The molecule has 0 aliphatic heterocycles. The Morgan fingerprint density at radius 1 is 1.14 bits per heavy atom. The Hall–Kier alpha value is -3.13. The fourth-order valence-corrected chi connectivity index (χ4v) is 4.48. The fraction of sp³-hybridized carbons (Fsp3) is 0.250. The average Bonchev–Trinajstić information content (AvgIpc) is 3.46. The molecule has 0 amide bonds. The van der Waals surface area contributed by atoms with Gasteiger partial charge in [-0.15, -0.1) is 11.3 Å². The SMILES string of the molecule is COc1nc(-n2ccc(-c3sc(-c4cccnc4)nc3C)n2)nc2c1CCC2. The van der Waals surface area contributed by atoms with Crippen LogP contribution in [0.2, 0.25) is 0 Å². The molecule has 0 radical (unpaired) electrons. The predicted molar refractivity (Wildman–Crippen MR) is 107 cm³/mol. The van der Waals surface area contributed by atoms with Crippen LogP contribution in [0.5, 0.6) is 5.88 Å². The smallest absolute Gasteiger partial charge is 0.254 e. The van der Waals surface area contributed by atoms with Crippen molar-refractivity contribution in [3.63, 3.8) is 0 Å². The van der Waals surface area contributed by atoms with Crippen molar-refractivity contribution in [2.24, 2.45) is 0 Å². The Morgan fingerprint density at radius 3 is 2.89 bits per heavy atom. The molecule has 8 heteroatoms. The first-order chi connectivity index (χ1) is 13.7. The van der Waals surface area contributed by atoms with Crippen molar-refractivity contribution in [1.29, 1.82) is 0 Å². The van der Waals surface area contributed by atoms with E-state index in [1.54, 1.807) is 29.3 Å². The predicted octanol–water partition coefficient (Wildman–Crippen LogP) is 3.65. The van der Waals surface area contributed by atoms with E-state index in [-0.39, 0.29) is 0 Å². The Bertz CT molecular complexity index is 1150. The zero-order valence-corrected chi connectivity index (χ0v) is 16.4. The third-order valence-corrected chi connectivity index (χ3v) is 6.04. The van der Waals surface area contributed by atoms with Gasteiger partial charge in [0, 0.05) is 29.7 Å². The van der Waals surface area contributed by atoms with Gasteiger partial charge in [0.15, 0.2) is 0 Å². The van der Waals surface area contributed by atoms with Crippen LogP contribution in [0.15, 0.2) is 36.8 Å². The van der Waals surface area contributed by atoms with Gasteiger partial charge in [0.05, 0.1) is 23.4 Å². The van der Waals surface area contributed by atoms with Crippen molar-refractivity contribution in [1.82, 2.24) is 29.7 Å². The van der Waals surface area contributed by atoms with Crippen LogP contribution in [0.3, 0.4) is 0 Å². The second-order valence-electron chi connectivity index (χ2n) is 6.63. The molecule has 7 nitrogen and oxygen atoms in total. The largest absolute Gasteiger partial charge is 0.481 e. The summed E-state index contributed by atoms with van der Waals surface area (Å²) in [5.74, 6) is 1.20. The number of aryl methyl sites for hydroxylation is 2. The molecule has 4 heterocycles. The number of fused-ring (bicyclic) bond motifs is 1. The highest BCUT2D eigenvalue weighted by atomic mass is 32.1. The maximum atomic E-state index is 5.48. The second kappa shape index (κ2) is 6.79. The molecule has 0 saturated heterocycles. The summed E-state index contributed by atoms with van der Waals surface area (Å²) in [5.41, 5.74) is 4.99. The summed E-state index contributed by atoms with van der Waals surface area (Å²) in [6.07, 6.45) is 8.49. The van der Waals surface area contributed by atoms with Crippen molar-refractivity contribution in [2.45, 2.75) is 26.2 Å². The summed E-state index contributed by atoms with van der Waals surface area (Å²) in [6.45, 7) is 2.00. The van der Waals surface area contributed by atoms with Gasteiger partial charge in [-0.05, 0) is 44.4 Å². The van der Waals surface area contributed by atoms with Crippen LogP contribution in [0.1, 0.15) is 23.4 Å². The van der Waals surface area contributed by atoms with Crippen LogP contribution in [-0.4, -0.2) is 36.8 Å². The number of hydrogen-bond donors (Lipinski definition) is 0. The summed E-state index contributed by atoms with van der Waals surface area (Å²) in [6, 6.07) is 5.90. The van der Waals surface area contributed by atoms with Gasteiger partial charge < -0.3 is 4.74 Å². The number of methoxy groups -OCH3 is 1. The zero-order valence-electron chi connectivity index (χ0n) is 15.6. The van der Waals surface area contributed by atoms with E-state index in [1.807, 2.05) is 37.5 Å². The summed E-state index contributed by atoms with van der Waals surface area (Å²) in [5, 5.41) is 5.65. The van der Waals surface area contributed by atoms with Gasteiger partial charge in [0.1, 0.15) is 10.7 Å². The summed E-state index contributed by atoms with van der Waals surface area (Å²) >= 11 is 1.61. The van der Waals surface area contributed by atoms with Crippen LogP contribution < -0.4 is 4.74 Å². The van der Waals surface area contributed by atoms with Gasteiger partial charge in [-0.25, -0.2) is 14.6 Å². The zero-order chi connectivity index (χ0) is 19.1. The van der Waals surface area contributed by atoms with E-state index in [4.69, 9.17) is 19.8 Å². The molecule has 140 valence electrons. The molecule has 0 aromatic carbocycles. The van der Waals surface area contributed by atoms with Gasteiger partial charge in [0.25, 0.3) is 5.95 Å². The van der Waals surface area contributed by atoms with Gasteiger partial charge >= 0.3 is 0 Å². The number of thiazole rings is 1. The molecule has 4 aromatic rings. The molecule has 28 heavy (non-hydrogen) atoms. The molecule has 0 atom stereocenters. The lowest BCUT2D eigenvalue weighted by atomic mass is 10.2. The van der Waals surface area contributed by atoms with Crippen molar-refractivity contribution < 1.29 is 4.74 Å². The Labute approximate surface area is 166 Å². The highest BCUT2D eigenvalue weighted by molar-refractivity contribution is 7.18. The summed E-state index contributed by atoms with van der Waals surface area (Å²) in [4.78, 5) is 19.2. The number of aromatic nitrogens is 6. The normalized spacial score (nSPS) is 12.9. The van der Waals surface area contributed by atoms with E-state index in [2.05, 4.69) is 9.97 Å². The first kappa shape index (κ1) is 17.0. The Kier molecular flexibility index (Phi) is 4.12. The van der Waals surface area contributed by atoms with Gasteiger partial charge in [-0.2, -0.15) is 10.1 Å². The third-order valence-electron chi connectivity index (χ3n) is 4.81. The molecule has 0 unspecified atom stereocenters. The third kappa shape index (κ3) is 2.86. The molecule has 1 aliphatic rings. The molecule has 0 bridgehead atoms. The minimum absolute atomic E-state index is 0.540. The molecule has 0 spiro atoms. The van der Waals surface area contributed by atoms with Crippen molar-refractivity contribution >= 4 is 11.3 Å². The van der Waals surface area contributed by atoms with Crippen molar-refractivity contribution in [3.8, 4) is 33.0 Å². The first-order valence-corrected chi connectivity index (χ1v) is 9.92. The highest BCUT2D eigenvalue weighted by Crippen LogP contribution is 2.34. The summed E-state index contributed by atoms with van der Waals surface area (Å²) in [7, 11) is 1.65. The summed E-state index contributed by atoms with van der Waals surface area (Å²) < 4.78 is 7.18. The van der Waals surface area contributed by atoms with Crippen LogP contribution in [0, 0.1) is 6.92 Å². The van der Waals surface area contributed by atoms with Crippen LogP contribution in [0.25, 0.3) is 27.1 Å². The molecule has 4 aromatic heterocycles. The van der Waals surface area contributed by atoms with Crippen LogP contribution >= 0.6 is 11.3 Å². The lowest BCUT2D eigenvalue weighted by molar-refractivity contribution is 0.390. The number of ether oxygens (including phenoxy) is 1. The molecule has 5 rings (SSSR count). The van der Waals surface area contributed by atoms with E-state index in [9.17, 15) is 0 Å². The molecular weight excluding hydrogens is 372 g/mol. The molecule has 0 fully saturated rings. The maximum absolute atomic E-state index is 5.48. The van der Waals surface area contributed by atoms with E-state index in [1.165, 1.54) is 0 Å². The monoisotopic (exact) mass is 390 g/mol. The number of rotatable bonds is 4. The van der Waals surface area contributed by atoms with E-state index in [0.29, 0.717) is 11.8 Å².